The van der Waals surface area contributed by atoms with Gasteiger partial charge in [-0.15, -0.1) is 0 Å². The van der Waals surface area contributed by atoms with Crippen LogP contribution in [0.1, 0.15) is 27.8 Å². The van der Waals surface area contributed by atoms with E-state index in [2.05, 4.69) is 23.5 Å². The van der Waals surface area contributed by atoms with Crippen molar-refractivity contribution in [2.24, 2.45) is 0 Å². The number of aryl methyl sites for hydroxylation is 2. The van der Waals surface area contributed by atoms with Crippen LogP contribution in [0.15, 0.2) is 36.4 Å². The second kappa shape index (κ2) is 4.22. The summed E-state index contributed by atoms with van der Waals surface area (Å²) in [6.07, 6.45) is 0. The number of carbonyl (C=O) groups is 1. The minimum atomic E-state index is -0.0834. The van der Waals surface area contributed by atoms with Gasteiger partial charge < -0.3 is 10.1 Å². The van der Waals surface area contributed by atoms with Crippen molar-refractivity contribution in [1.29, 1.82) is 0 Å². The summed E-state index contributed by atoms with van der Waals surface area (Å²) in [7, 11) is 0. The minimum absolute atomic E-state index is 0.0834. The van der Waals surface area contributed by atoms with Crippen LogP contribution in [0.4, 0.5) is 5.69 Å². The van der Waals surface area contributed by atoms with Crippen LogP contribution in [0.5, 0.6) is 0 Å². The average Bonchev–Trinajstić information content (AvgIpc) is 2.98. The number of carbonyl (C=O) groups excluding carboxylic acids is 1. The molecule has 104 valence electrons. The number of anilines is 1. The fourth-order valence-corrected chi connectivity index (χ4v) is 2.97. The maximum Gasteiger partial charge on any atom is 0.260 e. The monoisotopic (exact) mass is 277 g/mol. The number of ether oxygens (including phenoxy) is 1. The van der Waals surface area contributed by atoms with Gasteiger partial charge in [-0.2, -0.15) is 0 Å². The molecule has 2 aliphatic heterocycles. The molecule has 3 nitrogen and oxygen atoms in total. The fourth-order valence-electron chi connectivity index (χ4n) is 2.97. The number of amides is 1. The molecule has 0 aromatic heterocycles. The lowest BCUT2D eigenvalue weighted by molar-refractivity contribution is -0.110. The number of hydrogen-bond acceptors (Lipinski definition) is 2. The van der Waals surface area contributed by atoms with Gasteiger partial charge in [0.15, 0.2) is 0 Å². The highest BCUT2D eigenvalue weighted by molar-refractivity contribution is 6.36. The largest absolute Gasteiger partial charge is 0.487 e. The van der Waals surface area contributed by atoms with E-state index in [1.807, 2.05) is 32.0 Å². The smallest absolute Gasteiger partial charge is 0.260 e. The Balaban J connectivity index is 1.98. The molecular weight excluding hydrogens is 262 g/mol. The lowest BCUT2D eigenvalue weighted by Gasteiger charge is -2.06. The van der Waals surface area contributed by atoms with Crippen LogP contribution >= 0.6 is 0 Å². The maximum absolute atomic E-state index is 12.4. The van der Waals surface area contributed by atoms with E-state index in [4.69, 9.17) is 4.74 Å². The first-order valence-electron chi connectivity index (χ1n) is 7.03. The molecule has 0 aliphatic carbocycles. The highest BCUT2D eigenvalue weighted by atomic mass is 16.5. The molecule has 2 aliphatic rings. The van der Waals surface area contributed by atoms with Gasteiger partial charge in [-0.3, -0.25) is 4.79 Å². The summed E-state index contributed by atoms with van der Waals surface area (Å²) in [5.41, 5.74) is 6.91. The summed E-state index contributed by atoms with van der Waals surface area (Å²) in [5, 5.41) is 2.92. The normalized spacial score (nSPS) is 19.0. The van der Waals surface area contributed by atoms with Crippen molar-refractivity contribution < 1.29 is 9.53 Å². The van der Waals surface area contributed by atoms with Crippen molar-refractivity contribution in [1.82, 2.24) is 0 Å². The third kappa shape index (κ3) is 1.77. The Morgan fingerprint density at radius 1 is 1.00 bits per heavy atom. The quantitative estimate of drug-likeness (QED) is 0.746. The minimum Gasteiger partial charge on any atom is -0.487 e. The molecule has 3 heteroatoms. The van der Waals surface area contributed by atoms with Crippen LogP contribution in [0, 0.1) is 13.8 Å². The van der Waals surface area contributed by atoms with Gasteiger partial charge in [-0.1, -0.05) is 29.3 Å². The molecule has 0 radical (unpaired) electrons. The summed E-state index contributed by atoms with van der Waals surface area (Å²) < 4.78 is 5.85. The van der Waals surface area contributed by atoms with Crippen LogP contribution in [0.25, 0.3) is 11.3 Å². The molecule has 0 saturated heterocycles. The molecule has 0 fully saturated rings. The molecule has 2 aromatic carbocycles. The Morgan fingerprint density at radius 2 is 1.71 bits per heavy atom. The third-order valence-corrected chi connectivity index (χ3v) is 4.03. The van der Waals surface area contributed by atoms with E-state index in [0.717, 1.165) is 27.9 Å². The molecule has 21 heavy (non-hydrogen) atoms. The molecule has 1 N–H and O–H groups in total. The van der Waals surface area contributed by atoms with Crippen LogP contribution < -0.4 is 5.32 Å². The van der Waals surface area contributed by atoms with Gasteiger partial charge in [0.05, 0.1) is 5.57 Å². The van der Waals surface area contributed by atoms with Gasteiger partial charge in [0.2, 0.25) is 0 Å². The van der Waals surface area contributed by atoms with Gasteiger partial charge in [-0.05, 0) is 32.0 Å². The van der Waals surface area contributed by atoms with E-state index < -0.39 is 0 Å². The fraction of sp³-hybridized carbons (Fsp3) is 0.167. The Morgan fingerprint density at radius 3 is 2.52 bits per heavy atom. The molecule has 0 unspecified atom stereocenters. The van der Waals surface area contributed by atoms with Gasteiger partial charge in [-0.25, -0.2) is 0 Å². The zero-order chi connectivity index (χ0) is 14.6. The van der Waals surface area contributed by atoms with Crippen molar-refractivity contribution >= 4 is 22.9 Å². The first kappa shape index (κ1) is 12.2. The molecule has 0 spiro atoms. The lowest BCUT2D eigenvalue weighted by Crippen LogP contribution is -2.05. The number of nitrogens with one attached hydrogen (secondary N) is 1. The average molecular weight is 277 g/mol. The number of benzene rings is 2. The molecule has 1 amide bonds. The second-order valence-corrected chi connectivity index (χ2v) is 5.66. The third-order valence-electron chi connectivity index (χ3n) is 4.03. The molecule has 2 aromatic rings. The van der Waals surface area contributed by atoms with Gasteiger partial charge >= 0.3 is 0 Å². The van der Waals surface area contributed by atoms with Crippen molar-refractivity contribution in [3.8, 4) is 0 Å². The highest BCUT2D eigenvalue weighted by Crippen LogP contribution is 2.41. The van der Waals surface area contributed by atoms with E-state index in [0.29, 0.717) is 17.9 Å². The van der Waals surface area contributed by atoms with E-state index in [1.165, 1.54) is 5.56 Å². The van der Waals surface area contributed by atoms with Crippen molar-refractivity contribution in [3.05, 3.63) is 64.2 Å². The van der Waals surface area contributed by atoms with Crippen molar-refractivity contribution in [2.45, 2.75) is 20.5 Å². The molecule has 0 saturated carbocycles. The van der Waals surface area contributed by atoms with Crippen molar-refractivity contribution in [2.75, 3.05) is 5.32 Å². The summed E-state index contributed by atoms with van der Waals surface area (Å²) in [4.78, 5) is 12.4. The molecule has 0 atom stereocenters. The number of rotatable bonds is 0. The van der Waals surface area contributed by atoms with Gasteiger partial charge in [0, 0.05) is 22.4 Å². The summed E-state index contributed by atoms with van der Waals surface area (Å²) in [5.74, 6) is 0.621. The Bertz CT molecular complexity index is 818. The van der Waals surface area contributed by atoms with E-state index in [9.17, 15) is 4.79 Å². The van der Waals surface area contributed by atoms with E-state index in [-0.39, 0.29) is 5.91 Å². The topological polar surface area (TPSA) is 38.3 Å². The maximum atomic E-state index is 12.4. The predicted octanol–water partition coefficient (Wildman–Crippen LogP) is 3.65. The van der Waals surface area contributed by atoms with E-state index >= 15 is 0 Å². The molecular formula is C18H15NO2. The Labute approximate surface area is 123 Å². The first-order valence-corrected chi connectivity index (χ1v) is 7.03. The second-order valence-electron chi connectivity index (χ2n) is 5.66. The molecule has 0 bridgehead atoms. The zero-order valence-corrected chi connectivity index (χ0v) is 12.0. The van der Waals surface area contributed by atoms with Gasteiger partial charge in [0.1, 0.15) is 12.4 Å². The number of fused-ring (bicyclic) bond motifs is 2. The SMILES string of the molecule is Cc1ccc2c(c1)/C(=C1\C(=O)Nc3ccc(C)cc31)OC2. The lowest BCUT2D eigenvalue weighted by atomic mass is 9.98. The standard InChI is InChI=1S/C18H15NO2/c1-10-3-5-12-9-21-17(13(12)7-10)16-14-8-11(2)4-6-15(14)19-18(16)20/h3-8H,9H2,1-2H3,(H,19,20)/b17-16+. The van der Waals surface area contributed by atoms with Crippen LogP contribution in [0.3, 0.4) is 0 Å². The molecule has 2 heterocycles. The summed E-state index contributed by atoms with van der Waals surface area (Å²) in [6, 6.07) is 12.2. The summed E-state index contributed by atoms with van der Waals surface area (Å²) >= 11 is 0. The Kier molecular flexibility index (Phi) is 2.45. The highest BCUT2D eigenvalue weighted by Gasteiger charge is 2.32. The van der Waals surface area contributed by atoms with Crippen LogP contribution in [-0.2, 0) is 16.1 Å². The molecule has 4 rings (SSSR count). The summed E-state index contributed by atoms with van der Waals surface area (Å²) in [6.45, 7) is 4.61. The van der Waals surface area contributed by atoms with Gasteiger partial charge in [0.25, 0.3) is 5.91 Å². The van der Waals surface area contributed by atoms with E-state index in [1.54, 1.807) is 0 Å². The zero-order valence-electron chi connectivity index (χ0n) is 12.0. The first-order chi connectivity index (χ1) is 10.1. The Hall–Kier alpha value is -2.55. The predicted molar refractivity (Wildman–Crippen MR) is 82.6 cm³/mol. The number of hydrogen-bond donors (Lipinski definition) is 1. The van der Waals surface area contributed by atoms with Crippen LogP contribution in [-0.4, -0.2) is 5.91 Å². The van der Waals surface area contributed by atoms with Crippen molar-refractivity contribution in [3.63, 3.8) is 0 Å². The van der Waals surface area contributed by atoms with Crippen LogP contribution in [0.2, 0.25) is 0 Å².